The minimum atomic E-state index is -0.247. The molecule has 0 radical (unpaired) electrons. The van der Waals surface area contributed by atoms with E-state index in [1.807, 2.05) is 6.92 Å². The van der Waals surface area contributed by atoms with Crippen molar-refractivity contribution in [2.75, 3.05) is 116 Å². The predicted molar refractivity (Wildman–Crippen MR) is 145 cm³/mol. The molecule has 0 aliphatic carbocycles. The predicted octanol–water partition coefficient (Wildman–Crippen LogP) is 0.757. The molecular weight excluding hydrogens is 519 g/mol. The van der Waals surface area contributed by atoms with Crippen molar-refractivity contribution in [1.82, 2.24) is 15.0 Å². The summed E-state index contributed by atoms with van der Waals surface area (Å²) in [4.78, 5) is 12.9. The molecule has 0 bridgehead atoms. The van der Waals surface area contributed by atoms with Crippen LogP contribution in [0.25, 0.3) is 0 Å². The summed E-state index contributed by atoms with van der Waals surface area (Å²) >= 11 is 0. The zero-order chi connectivity index (χ0) is 27.5. The van der Waals surface area contributed by atoms with Gasteiger partial charge in [-0.15, -0.1) is 12.9 Å². The van der Waals surface area contributed by atoms with E-state index in [0.717, 1.165) is 37.7 Å². The Morgan fingerprint density at radius 3 is 1.79 bits per heavy atom. The first-order valence-electron chi connectivity index (χ1n) is 13.3. The molecule has 0 spiro atoms. The van der Waals surface area contributed by atoms with E-state index in [0.29, 0.717) is 72.0 Å². The molecule has 0 amide bonds. The standard InChI is InChI=1S/C24H47N4O9P/c1-2-32-13-14-35-17-18-37-24-27-22(25-6-11-33-15-16-34-12-9-31)26-23(28-24)36-10-5-21-38(19-3-7-29)20-4-8-30/h29-31H,2-21H2,1H3,(H,25,26,27,28). The van der Waals surface area contributed by atoms with Crippen LogP contribution in [0.2, 0.25) is 0 Å². The van der Waals surface area contributed by atoms with E-state index in [9.17, 15) is 0 Å². The lowest BCUT2D eigenvalue weighted by Gasteiger charge is -2.17. The van der Waals surface area contributed by atoms with Gasteiger partial charge in [0.25, 0.3) is 0 Å². The number of rotatable bonds is 28. The Hall–Kier alpha value is -1.44. The highest BCUT2D eigenvalue weighted by molar-refractivity contribution is 7.57. The minimum absolute atomic E-state index is 0.00986. The maximum Gasteiger partial charge on any atom is 0.324 e. The van der Waals surface area contributed by atoms with Gasteiger partial charge < -0.3 is 49.1 Å². The first kappa shape index (κ1) is 34.6. The Labute approximate surface area is 227 Å². The van der Waals surface area contributed by atoms with Crippen LogP contribution < -0.4 is 14.8 Å². The Morgan fingerprint density at radius 2 is 1.16 bits per heavy atom. The summed E-state index contributed by atoms with van der Waals surface area (Å²) in [5.74, 6) is 0.315. The molecule has 0 aromatic carbocycles. The van der Waals surface area contributed by atoms with Gasteiger partial charge >= 0.3 is 12.0 Å². The largest absolute Gasteiger partial charge is 0.463 e. The minimum Gasteiger partial charge on any atom is -0.463 e. The second kappa shape index (κ2) is 25.8. The van der Waals surface area contributed by atoms with Gasteiger partial charge in [0.2, 0.25) is 5.95 Å². The smallest absolute Gasteiger partial charge is 0.324 e. The lowest BCUT2D eigenvalue weighted by atomic mass is 10.5. The Balaban J connectivity index is 2.54. The van der Waals surface area contributed by atoms with Gasteiger partial charge in [-0.1, -0.05) is 0 Å². The Bertz CT molecular complexity index is 659. The lowest BCUT2D eigenvalue weighted by Crippen LogP contribution is -2.16. The Morgan fingerprint density at radius 1 is 0.605 bits per heavy atom. The highest BCUT2D eigenvalue weighted by Gasteiger charge is 2.11. The first-order chi connectivity index (χ1) is 18.7. The van der Waals surface area contributed by atoms with Gasteiger partial charge in [-0.3, -0.25) is 0 Å². The van der Waals surface area contributed by atoms with Crippen molar-refractivity contribution < 1.29 is 43.7 Å². The number of hydrogen-bond acceptors (Lipinski definition) is 13. The number of aliphatic hydroxyl groups excluding tert-OH is 3. The van der Waals surface area contributed by atoms with Crippen molar-refractivity contribution in [2.45, 2.75) is 26.2 Å². The number of anilines is 1. The number of aliphatic hydroxyl groups is 3. The fraction of sp³-hybridized carbons (Fsp3) is 0.875. The summed E-state index contributed by atoms with van der Waals surface area (Å²) in [6, 6.07) is 0.306. The molecule has 4 N–H and O–H groups in total. The topological polar surface area (TPSA) is 167 Å². The summed E-state index contributed by atoms with van der Waals surface area (Å²) in [5.41, 5.74) is 0. The molecule has 38 heavy (non-hydrogen) atoms. The maximum absolute atomic E-state index is 9.13. The van der Waals surface area contributed by atoms with Gasteiger partial charge in [0, 0.05) is 26.4 Å². The molecule has 14 heteroatoms. The summed E-state index contributed by atoms with van der Waals surface area (Å²) < 4.78 is 32.8. The fourth-order valence-corrected chi connectivity index (χ4v) is 5.52. The molecule has 0 fully saturated rings. The van der Waals surface area contributed by atoms with E-state index < -0.39 is 0 Å². The molecule has 0 aliphatic heterocycles. The molecule has 0 unspecified atom stereocenters. The zero-order valence-corrected chi connectivity index (χ0v) is 23.6. The van der Waals surface area contributed by atoms with Gasteiger partial charge in [0.15, 0.2) is 0 Å². The second-order valence-electron chi connectivity index (χ2n) is 7.96. The molecule has 0 atom stereocenters. The SMILES string of the molecule is CCOCCOCCOc1nc(NCCOCCOCCO)nc(OCCCP(CCCO)CCCO)n1. The van der Waals surface area contributed by atoms with Crippen LogP contribution in [0.4, 0.5) is 5.95 Å². The lowest BCUT2D eigenvalue weighted by molar-refractivity contribution is 0.0360. The zero-order valence-electron chi connectivity index (χ0n) is 22.7. The van der Waals surface area contributed by atoms with Gasteiger partial charge in [0.1, 0.15) is 6.61 Å². The highest BCUT2D eigenvalue weighted by atomic mass is 31.1. The van der Waals surface area contributed by atoms with Crippen molar-refractivity contribution in [3.05, 3.63) is 0 Å². The number of nitrogens with zero attached hydrogens (tertiary/aromatic N) is 3. The van der Waals surface area contributed by atoms with Gasteiger partial charge in [-0.2, -0.15) is 9.97 Å². The molecule has 1 aromatic heterocycles. The fourth-order valence-electron chi connectivity index (χ4n) is 3.10. The van der Waals surface area contributed by atoms with Crippen LogP contribution >= 0.6 is 7.92 Å². The molecule has 1 heterocycles. The average molecular weight is 567 g/mol. The maximum atomic E-state index is 9.13. The van der Waals surface area contributed by atoms with Crippen molar-refractivity contribution in [1.29, 1.82) is 0 Å². The van der Waals surface area contributed by atoms with Crippen molar-refractivity contribution in [3.8, 4) is 12.0 Å². The Kier molecular flexibility index (Phi) is 23.5. The van der Waals surface area contributed by atoms with Crippen LogP contribution in [0.15, 0.2) is 0 Å². The van der Waals surface area contributed by atoms with Crippen molar-refractivity contribution >= 4 is 13.9 Å². The van der Waals surface area contributed by atoms with Gasteiger partial charge in [0.05, 0.1) is 59.5 Å². The first-order valence-corrected chi connectivity index (χ1v) is 15.2. The molecule has 222 valence electrons. The van der Waals surface area contributed by atoms with Crippen LogP contribution in [-0.2, 0) is 18.9 Å². The second-order valence-corrected chi connectivity index (χ2v) is 10.6. The van der Waals surface area contributed by atoms with Crippen LogP contribution in [0.3, 0.4) is 0 Å². The summed E-state index contributed by atoms with van der Waals surface area (Å²) in [7, 11) is -0.247. The van der Waals surface area contributed by atoms with Gasteiger partial charge in [-0.25, -0.2) is 0 Å². The average Bonchev–Trinajstić information content (AvgIpc) is 2.93. The number of ether oxygens (including phenoxy) is 6. The monoisotopic (exact) mass is 566 g/mol. The normalized spacial score (nSPS) is 11.3. The van der Waals surface area contributed by atoms with E-state index in [2.05, 4.69) is 20.3 Å². The number of nitrogens with one attached hydrogen (secondary N) is 1. The van der Waals surface area contributed by atoms with Gasteiger partial charge in [-0.05, 0) is 44.7 Å². The van der Waals surface area contributed by atoms with E-state index in [1.54, 1.807) is 0 Å². The van der Waals surface area contributed by atoms with E-state index in [1.165, 1.54) is 0 Å². The highest BCUT2D eigenvalue weighted by Crippen LogP contribution is 2.37. The third-order valence-corrected chi connectivity index (χ3v) is 7.73. The van der Waals surface area contributed by atoms with Crippen LogP contribution in [0, 0.1) is 0 Å². The van der Waals surface area contributed by atoms with Crippen molar-refractivity contribution in [3.63, 3.8) is 0 Å². The summed E-state index contributed by atoms with van der Waals surface area (Å²) in [5, 5.41) is 30.1. The molecule has 1 rings (SSSR count). The van der Waals surface area contributed by atoms with Crippen LogP contribution in [0.1, 0.15) is 26.2 Å². The quantitative estimate of drug-likeness (QED) is 0.0830. The molecule has 13 nitrogen and oxygen atoms in total. The van der Waals surface area contributed by atoms with E-state index in [4.69, 9.17) is 43.7 Å². The summed E-state index contributed by atoms with van der Waals surface area (Å²) in [6.07, 6.45) is 5.38. The van der Waals surface area contributed by atoms with Crippen LogP contribution in [0.5, 0.6) is 12.0 Å². The molecular formula is C24H47N4O9P. The number of aromatic nitrogens is 3. The van der Waals surface area contributed by atoms with E-state index >= 15 is 0 Å². The molecule has 1 aromatic rings. The third kappa shape index (κ3) is 19.6. The molecule has 0 saturated heterocycles. The third-order valence-electron chi connectivity index (χ3n) is 4.88. The molecule has 0 aliphatic rings. The van der Waals surface area contributed by atoms with Crippen molar-refractivity contribution in [2.24, 2.45) is 0 Å². The van der Waals surface area contributed by atoms with Crippen LogP contribution in [-0.4, -0.2) is 141 Å². The summed E-state index contributed by atoms with van der Waals surface area (Å²) in [6.45, 7) is 7.07. The number of hydrogen-bond donors (Lipinski definition) is 4. The van der Waals surface area contributed by atoms with E-state index in [-0.39, 0.29) is 46.4 Å². The molecule has 0 saturated carbocycles.